The normalized spacial score (nSPS) is 21.9. The Bertz CT molecular complexity index is 561. The summed E-state index contributed by atoms with van der Waals surface area (Å²) in [6, 6.07) is 4.39. The Kier molecular flexibility index (Phi) is 3.87. The van der Waals surface area contributed by atoms with Crippen LogP contribution in [0.1, 0.15) is 11.3 Å². The quantitative estimate of drug-likeness (QED) is 0.918. The fourth-order valence-corrected chi connectivity index (χ4v) is 2.51. The molecule has 1 saturated heterocycles. The van der Waals surface area contributed by atoms with Gasteiger partial charge in [0.15, 0.2) is 0 Å². The third-order valence-electron chi connectivity index (χ3n) is 3.65. The number of aromatic nitrogens is 3. The number of rotatable bonds is 4. The van der Waals surface area contributed by atoms with Crippen molar-refractivity contribution in [2.75, 3.05) is 18.5 Å². The van der Waals surface area contributed by atoms with Crippen molar-refractivity contribution >= 4 is 5.82 Å². The van der Waals surface area contributed by atoms with E-state index in [0.717, 1.165) is 24.5 Å². The molecule has 5 nitrogen and oxygen atoms in total. The molecule has 2 aromatic heterocycles. The number of anilines is 1. The van der Waals surface area contributed by atoms with Crippen molar-refractivity contribution in [3.63, 3.8) is 0 Å². The molecule has 0 amide bonds. The molecule has 104 valence electrons. The van der Waals surface area contributed by atoms with Crippen LogP contribution in [-0.4, -0.2) is 34.2 Å². The number of hydrogen-bond acceptors (Lipinski definition) is 5. The van der Waals surface area contributed by atoms with E-state index < -0.39 is 0 Å². The number of hydrogen-bond donors (Lipinski definition) is 1. The first kappa shape index (κ1) is 13.0. The maximum Gasteiger partial charge on any atom is 0.147 e. The van der Waals surface area contributed by atoms with Crippen LogP contribution in [0.5, 0.6) is 0 Å². The first-order valence-corrected chi connectivity index (χ1v) is 6.84. The second kappa shape index (κ2) is 5.96. The van der Waals surface area contributed by atoms with Crippen molar-refractivity contribution in [2.24, 2.45) is 5.92 Å². The van der Waals surface area contributed by atoms with Gasteiger partial charge < -0.3 is 10.1 Å². The molecule has 0 unspecified atom stereocenters. The SMILES string of the molecule is Cc1nccnc1N[C@H]1COC[C@H]1Cc1ccncc1. The van der Waals surface area contributed by atoms with Gasteiger partial charge in [0.1, 0.15) is 5.82 Å². The van der Waals surface area contributed by atoms with Crippen LogP contribution in [0.4, 0.5) is 5.82 Å². The fraction of sp³-hybridized carbons (Fsp3) is 0.400. The number of ether oxygens (including phenoxy) is 1. The molecule has 2 atom stereocenters. The zero-order valence-electron chi connectivity index (χ0n) is 11.5. The molecule has 3 heterocycles. The van der Waals surface area contributed by atoms with E-state index in [0.29, 0.717) is 12.5 Å². The van der Waals surface area contributed by atoms with E-state index in [9.17, 15) is 0 Å². The minimum absolute atomic E-state index is 0.276. The molecule has 0 bridgehead atoms. The van der Waals surface area contributed by atoms with E-state index in [2.05, 4.69) is 32.4 Å². The molecule has 20 heavy (non-hydrogen) atoms. The standard InChI is InChI=1S/C15H18N4O/c1-11-15(18-7-6-17-11)19-14-10-20-9-13(14)8-12-2-4-16-5-3-12/h2-7,13-14H,8-10H2,1H3,(H,18,19)/t13-,14+/m1/s1. The Morgan fingerprint density at radius 1 is 1.15 bits per heavy atom. The van der Waals surface area contributed by atoms with Crippen LogP contribution in [0.15, 0.2) is 36.9 Å². The molecule has 2 aromatic rings. The Balaban J connectivity index is 1.68. The summed E-state index contributed by atoms with van der Waals surface area (Å²) in [5.41, 5.74) is 2.21. The van der Waals surface area contributed by atoms with Gasteiger partial charge in [0.2, 0.25) is 0 Å². The fourth-order valence-electron chi connectivity index (χ4n) is 2.51. The van der Waals surface area contributed by atoms with E-state index in [1.54, 1.807) is 12.4 Å². The molecule has 1 aliphatic rings. The van der Waals surface area contributed by atoms with Crippen LogP contribution in [0, 0.1) is 12.8 Å². The third-order valence-corrected chi connectivity index (χ3v) is 3.65. The minimum atomic E-state index is 0.276. The lowest BCUT2D eigenvalue weighted by atomic mass is 9.95. The maximum absolute atomic E-state index is 5.63. The van der Waals surface area contributed by atoms with Gasteiger partial charge in [0, 0.05) is 30.7 Å². The lowest BCUT2D eigenvalue weighted by Gasteiger charge is -2.20. The largest absolute Gasteiger partial charge is 0.379 e. The van der Waals surface area contributed by atoms with Crippen molar-refractivity contribution in [2.45, 2.75) is 19.4 Å². The molecule has 5 heteroatoms. The van der Waals surface area contributed by atoms with Gasteiger partial charge in [-0.05, 0) is 31.0 Å². The predicted molar refractivity (Wildman–Crippen MR) is 76.4 cm³/mol. The lowest BCUT2D eigenvalue weighted by molar-refractivity contribution is 0.185. The first-order chi connectivity index (χ1) is 9.83. The van der Waals surface area contributed by atoms with E-state index in [-0.39, 0.29) is 6.04 Å². The van der Waals surface area contributed by atoms with Gasteiger partial charge in [-0.2, -0.15) is 0 Å². The van der Waals surface area contributed by atoms with Crippen LogP contribution in [0.25, 0.3) is 0 Å². The average molecular weight is 270 g/mol. The van der Waals surface area contributed by atoms with Crippen LogP contribution < -0.4 is 5.32 Å². The molecular weight excluding hydrogens is 252 g/mol. The number of pyridine rings is 1. The highest BCUT2D eigenvalue weighted by Gasteiger charge is 2.28. The molecule has 0 spiro atoms. The van der Waals surface area contributed by atoms with E-state index in [1.165, 1.54) is 5.56 Å². The second-order valence-corrected chi connectivity index (χ2v) is 5.10. The van der Waals surface area contributed by atoms with Crippen molar-refractivity contribution in [3.8, 4) is 0 Å². The summed E-state index contributed by atoms with van der Waals surface area (Å²) in [5, 5.41) is 3.47. The summed E-state index contributed by atoms with van der Waals surface area (Å²) in [6.07, 6.45) is 8.07. The zero-order valence-corrected chi connectivity index (χ0v) is 11.5. The highest BCUT2D eigenvalue weighted by molar-refractivity contribution is 5.40. The lowest BCUT2D eigenvalue weighted by Crippen LogP contribution is -2.30. The van der Waals surface area contributed by atoms with Crippen molar-refractivity contribution < 1.29 is 4.74 Å². The Morgan fingerprint density at radius 2 is 1.95 bits per heavy atom. The molecule has 3 rings (SSSR count). The van der Waals surface area contributed by atoms with Crippen LogP contribution in [0.3, 0.4) is 0 Å². The highest BCUT2D eigenvalue weighted by atomic mass is 16.5. The summed E-state index contributed by atoms with van der Waals surface area (Å²) >= 11 is 0. The Hall–Kier alpha value is -2.01. The average Bonchev–Trinajstić information content (AvgIpc) is 2.90. The van der Waals surface area contributed by atoms with Crippen LogP contribution in [0.2, 0.25) is 0 Å². The Labute approximate surface area is 118 Å². The molecular formula is C15H18N4O. The van der Waals surface area contributed by atoms with Gasteiger partial charge in [-0.3, -0.25) is 9.97 Å². The van der Waals surface area contributed by atoms with Gasteiger partial charge in [-0.15, -0.1) is 0 Å². The molecule has 1 N–H and O–H groups in total. The smallest absolute Gasteiger partial charge is 0.147 e. The minimum Gasteiger partial charge on any atom is -0.379 e. The third kappa shape index (κ3) is 2.93. The topological polar surface area (TPSA) is 59.9 Å². The van der Waals surface area contributed by atoms with Gasteiger partial charge in [0.25, 0.3) is 0 Å². The summed E-state index contributed by atoms with van der Waals surface area (Å²) in [5.74, 6) is 1.29. The van der Waals surface area contributed by atoms with Gasteiger partial charge >= 0.3 is 0 Å². The van der Waals surface area contributed by atoms with E-state index in [4.69, 9.17) is 4.74 Å². The first-order valence-electron chi connectivity index (χ1n) is 6.84. The zero-order chi connectivity index (χ0) is 13.8. The number of nitrogens with zero attached hydrogens (tertiary/aromatic N) is 3. The predicted octanol–water partition coefficient (Wildman–Crippen LogP) is 1.85. The summed E-state index contributed by atoms with van der Waals surface area (Å²) < 4.78 is 5.63. The molecule has 0 aromatic carbocycles. The molecule has 0 saturated carbocycles. The summed E-state index contributed by atoms with van der Waals surface area (Å²) in [6.45, 7) is 3.45. The number of aryl methyl sites for hydroxylation is 1. The molecule has 0 aliphatic carbocycles. The van der Waals surface area contributed by atoms with Crippen molar-refractivity contribution in [3.05, 3.63) is 48.2 Å². The van der Waals surface area contributed by atoms with E-state index in [1.807, 2.05) is 19.3 Å². The summed E-state index contributed by atoms with van der Waals surface area (Å²) in [4.78, 5) is 12.7. The van der Waals surface area contributed by atoms with Gasteiger partial charge in [-0.25, -0.2) is 4.98 Å². The van der Waals surface area contributed by atoms with Crippen molar-refractivity contribution in [1.82, 2.24) is 15.0 Å². The molecule has 1 fully saturated rings. The van der Waals surface area contributed by atoms with Gasteiger partial charge in [0.05, 0.1) is 24.9 Å². The number of nitrogens with one attached hydrogen (secondary N) is 1. The molecule has 0 radical (unpaired) electrons. The Morgan fingerprint density at radius 3 is 2.75 bits per heavy atom. The van der Waals surface area contributed by atoms with E-state index >= 15 is 0 Å². The highest BCUT2D eigenvalue weighted by Crippen LogP contribution is 2.22. The van der Waals surface area contributed by atoms with Gasteiger partial charge in [-0.1, -0.05) is 0 Å². The summed E-state index contributed by atoms with van der Waals surface area (Å²) in [7, 11) is 0. The molecule has 1 aliphatic heterocycles. The van der Waals surface area contributed by atoms with Crippen LogP contribution in [-0.2, 0) is 11.2 Å². The maximum atomic E-state index is 5.63. The second-order valence-electron chi connectivity index (χ2n) is 5.10. The van der Waals surface area contributed by atoms with Crippen molar-refractivity contribution in [1.29, 1.82) is 0 Å². The van der Waals surface area contributed by atoms with Crippen LogP contribution >= 0.6 is 0 Å². The monoisotopic (exact) mass is 270 g/mol.